The molecule has 0 aliphatic heterocycles. The average Bonchev–Trinajstić information content (AvgIpc) is 2.37. The van der Waals surface area contributed by atoms with Crippen molar-refractivity contribution in [1.82, 2.24) is 0 Å². The fourth-order valence-electron chi connectivity index (χ4n) is 0.465. The van der Waals surface area contributed by atoms with Crippen LogP contribution >= 0.6 is 11.3 Å². The summed E-state index contributed by atoms with van der Waals surface area (Å²) in [5.41, 5.74) is 0.731. The SMILES string of the molecule is NN(C=O)c1ccsc1. The van der Waals surface area contributed by atoms with Crippen molar-refractivity contribution in [3.63, 3.8) is 0 Å². The maximum Gasteiger partial charge on any atom is 0.228 e. The van der Waals surface area contributed by atoms with Crippen LogP contribution in [-0.2, 0) is 4.79 Å². The number of nitrogens with zero attached hydrogens (tertiary/aromatic N) is 1. The molecule has 0 saturated carbocycles. The van der Waals surface area contributed by atoms with Gasteiger partial charge in [0.05, 0.1) is 5.69 Å². The van der Waals surface area contributed by atoms with Gasteiger partial charge in [-0.15, -0.1) is 0 Å². The summed E-state index contributed by atoms with van der Waals surface area (Å²) in [6, 6.07) is 1.78. The Morgan fingerprint density at radius 3 is 3.00 bits per heavy atom. The summed E-state index contributed by atoms with van der Waals surface area (Å²) in [5, 5.41) is 4.70. The zero-order valence-electron chi connectivity index (χ0n) is 4.65. The Labute approximate surface area is 56.7 Å². The van der Waals surface area contributed by atoms with Crippen molar-refractivity contribution in [3.05, 3.63) is 16.8 Å². The fraction of sp³-hybridized carbons (Fsp3) is 0. The second-order valence-electron chi connectivity index (χ2n) is 1.49. The van der Waals surface area contributed by atoms with Gasteiger partial charge in [0.1, 0.15) is 0 Å². The lowest BCUT2D eigenvalue weighted by molar-refractivity contribution is -0.107. The van der Waals surface area contributed by atoms with Gasteiger partial charge in [-0.05, 0) is 11.4 Å². The van der Waals surface area contributed by atoms with E-state index in [1.165, 1.54) is 11.3 Å². The maximum absolute atomic E-state index is 10.0. The lowest BCUT2D eigenvalue weighted by Gasteiger charge is -2.04. The van der Waals surface area contributed by atoms with Crippen molar-refractivity contribution in [3.8, 4) is 0 Å². The van der Waals surface area contributed by atoms with Gasteiger partial charge in [0.25, 0.3) is 0 Å². The monoisotopic (exact) mass is 142 g/mol. The summed E-state index contributed by atoms with van der Waals surface area (Å²) in [5.74, 6) is 5.21. The van der Waals surface area contributed by atoms with E-state index in [4.69, 9.17) is 5.84 Å². The van der Waals surface area contributed by atoms with Gasteiger partial charge in [0, 0.05) is 5.38 Å². The van der Waals surface area contributed by atoms with Crippen LogP contribution in [0.1, 0.15) is 0 Å². The van der Waals surface area contributed by atoms with E-state index in [0.29, 0.717) is 6.41 Å². The number of thiophene rings is 1. The van der Waals surface area contributed by atoms with Gasteiger partial charge in [-0.2, -0.15) is 11.3 Å². The zero-order chi connectivity index (χ0) is 6.69. The highest BCUT2D eigenvalue weighted by Gasteiger charge is 1.95. The van der Waals surface area contributed by atoms with Gasteiger partial charge in [-0.25, -0.2) is 10.9 Å². The molecule has 0 aromatic carbocycles. The van der Waals surface area contributed by atoms with Gasteiger partial charge in [0.15, 0.2) is 0 Å². The molecule has 4 heteroatoms. The predicted molar refractivity (Wildman–Crippen MR) is 37.0 cm³/mol. The molecule has 0 atom stereocenters. The predicted octanol–water partition coefficient (Wildman–Crippen LogP) is 0.585. The van der Waals surface area contributed by atoms with Crippen LogP contribution in [0.3, 0.4) is 0 Å². The molecular formula is C5H6N2OS. The van der Waals surface area contributed by atoms with Crippen molar-refractivity contribution < 1.29 is 4.79 Å². The van der Waals surface area contributed by atoms with Crippen LogP contribution < -0.4 is 10.9 Å². The van der Waals surface area contributed by atoms with Gasteiger partial charge in [-0.3, -0.25) is 4.79 Å². The average molecular weight is 142 g/mol. The molecule has 3 nitrogen and oxygen atoms in total. The van der Waals surface area contributed by atoms with E-state index < -0.39 is 0 Å². The van der Waals surface area contributed by atoms with Gasteiger partial charge >= 0.3 is 0 Å². The number of hydrazine groups is 1. The van der Waals surface area contributed by atoms with Crippen LogP contribution in [0.4, 0.5) is 5.69 Å². The van der Waals surface area contributed by atoms with Crippen LogP contribution in [-0.4, -0.2) is 6.41 Å². The molecule has 0 spiro atoms. The number of amides is 1. The molecule has 1 aromatic rings. The summed E-state index contributed by atoms with van der Waals surface area (Å²) in [6.45, 7) is 0. The van der Waals surface area contributed by atoms with Crippen molar-refractivity contribution in [2.24, 2.45) is 5.84 Å². The maximum atomic E-state index is 10.0. The molecule has 0 bridgehead atoms. The Bertz CT molecular complexity index is 185. The normalized spacial score (nSPS) is 9.00. The van der Waals surface area contributed by atoms with Gasteiger partial charge in [-0.1, -0.05) is 0 Å². The number of carbonyl (C=O) groups excluding carboxylic acids is 1. The molecule has 0 aliphatic rings. The first-order chi connectivity index (χ1) is 4.34. The lowest BCUT2D eigenvalue weighted by Crippen LogP contribution is -2.27. The van der Waals surface area contributed by atoms with Crippen LogP contribution in [0.25, 0.3) is 0 Å². The minimum Gasteiger partial charge on any atom is -0.277 e. The number of rotatable bonds is 2. The van der Waals surface area contributed by atoms with Crippen LogP contribution in [0.15, 0.2) is 16.8 Å². The Hall–Kier alpha value is -0.870. The number of anilines is 1. The molecule has 0 fully saturated rings. The largest absolute Gasteiger partial charge is 0.277 e. The van der Waals surface area contributed by atoms with E-state index in [2.05, 4.69) is 0 Å². The lowest BCUT2D eigenvalue weighted by atomic mass is 10.5. The Morgan fingerprint density at radius 1 is 1.78 bits per heavy atom. The minimum atomic E-state index is 0.571. The highest BCUT2D eigenvalue weighted by molar-refractivity contribution is 7.08. The van der Waals surface area contributed by atoms with E-state index in [-0.39, 0.29) is 0 Å². The van der Waals surface area contributed by atoms with E-state index in [1.54, 1.807) is 11.4 Å². The molecule has 9 heavy (non-hydrogen) atoms. The number of hydrogen-bond donors (Lipinski definition) is 1. The summed E-state index contributed by atoms with van der Waals surface area (Å²) >= 11 is 1.50. The van der Waals surface area contributed by atoms with Crippen LogP contribution in [0.5, 0.6) is 0 Å². The molecule has 1 heterocycles. The third-order valence-electron chi connectivity index (χ3n) is 0.918. The molecule has 1 aromatic heterocycles. The van der Waals surface area contributed by atoms with E-state index in [9.17, 15) is 4.79 Å². The highest BCUT2D eigenvalue weighted by atomic mass is 32.1. The molecule has 48 valence electrons. The smallest absolute Gasteiger partial charge is 0.228 e. The second kappa shape index (κ2) is 2.61. The van der Waals surface area contributed by atoms with Crippen LogP contribution in [0.2, 0.25) is 0 Å². The Balaban J connectivity index is 2.76. The molecule has 0 saturated heterocycles. The summed E-state index contributed by atoms with van der Waals surface area (Å²) < 4.78 is 0. The van der Waals surface area contributed by atoms with E-state index in [0.717, 1.165) is 10.7 Å². The number of nitrogens with two attached hydrogens (primary N) is 1. The molecule has 0 radical (unpaired) electrons. The third-order valence-corrected chi connectivity index (χ3v) is 1.59. The molecule has 0 unspecified atom stereocenters. The standard InChI is InChI=1S/C5H6N2OS/c6-7(4-8)5-1-2-9-3-5/h1-4H,6H2. The summed E-state index contributed by atoms with van der Waals surface area (Å²) in [4.78, 5) is 10.0. The van der Waals surface area contributed by atoms with E-state index >= 15 is 0 Å². The van der Waals surface area contributed by atoms with Gasteiger partial charge < -0.3 is 0 Å². The third kappa shape index (κ3) is 1.28. The first-order valence-corrected chi connectivity index (χ1v) is 3.30. The molecule has 1 amide bonds. The zero-order valence-corrected chi connectivity index (χ0v) is 5.47. The molecular weight excluding hydrogens is 136 g/mol. The molecule has 0 aliphatic carbocycles. The quantitative estimate of drug-likeness (QED) is 0.284. The fourth-order valence-corrected chi connectivity index (χ4v) is 1.10. The topological polar surface area (TPSA) is 46.3 Å². The first-order valence-electron chi connectivity index (χ1n) is 2.36. The second-order valence-corrected chi connectivity index (χ2v) is 2.27. The van der Waals surface area contributed by atoms with E-state index in [1.807, 2.05) is 5.38 Å². The van der Waals surface area contributed by atoms with Crippen LogP contribution in [0, 0.1) is 0 Å². The minimum absolute atomic E-state index is 0.571. The van der Waals surface area contributed by atoms with Crippen molar-refractivity contribution in [2.45, 2.75) is 0 Å². The van der Waals surface area contributed by atoms with Crippen molar-refractivity contribution in [2.75, 3.05) is 5.01 Å². The number of hydrogen-bond acceptors (Lipinski definition) is 3. The summed E-state index contributed by atoms with van der Waals surface area (Å²) in [6.07, 6.45) is 0.571. The highest BCUT2D eigenvalue weighted by Crippen LogP contribution is 2.12. The molecule has 1 rings (SSSR count). The van der Waals surface area contributed by atoms with Gasteiger partial charge in [0.2, 0.25) is 6.41 Å². The molecule has 2 N–H and O–H groups in total. The van der Waals surface area contributed by atoms with Crippen molar-refractivity contribution in [1.29, 1.82) is 0 Å². The Kier molecular flexibility index (Phi) is 1.81. The van der Waals surface area contributed by atoms with Crippen molar-refractivity contribution >= 4 is 23.4 Å². The number of carbonyl (C=O) groups is 1. The summed E-state index contributed by atoms with van der Waals surface area (Å²) in [7, 11) is 0. The first kappa shape index (κ1) is 6.25. The Morgan fingerprint density at radius 2 is 2.56 bits per heavy atom.